The number of hydrogen-bond acceptors (Lipinski definition) is 5. The number of rotatable bonds is 3. The van der Waals surface area contributed by atoms with Crippen LogP contribution in [0.15, 0.2) is 6.07 Å². The summed E-state index contributed by atoms with van der Waals surface area (Å²) in [5.41, 5.74) is 1.03. The van der Waals surface area contributed by atoms with Crippen molar-refractivity contribution in [3.05, 3.63) is 11.8 Å². The van der Waals surface area contributed by atoms with E-state index in [1.165, 1.54) is 6.42 Å². The number of nitrogens with zero attached hydrogens (tertiary/aromatic N) is 3. The Bertz CT molecular complexity index is 433. The van der Waals surface area contributed by atoms with Crippen molar-refractivity contribution >= 4 is 23.5 Å². The molecule has 0 atom stereocenters. The Morgan fingerprint density at radius 1 is 1.37 bits per heavy atom. The third kappa shape index (κ3) is 4.00. The summed E-state index contributed by atoms with van der Waals surface area (Å²) >= 11 is 2.06. The van der Waals surface area contributed by atoms with Crippen LogP contribution in [0.5, 0.6) is 0 Å². The summed E-state index contributed by atoms with van der Waals surface area (Å²) in [6, 6.07) is 2.09. The molecule has 0 aromatic carbocycles. The largest absolute Gasteiger partial charge is 0.356 e. The lowest BCUT2D eigenvalue weighted by atomic mass is 10.1. The number of nitrogens with one attached hydrogen (secondary N) is 1. The van der Waals surface area contributed by atoms with Crippen LogP contribution in [0.2, 0.25) is 0 Å². The zero-order valence-electron chi connectivity index (χ0n) is 12.4. The first-order valence-corrected chi connectivity index (χ1v) is 7.97. The zero-order valence-corrected chi connectivity index (χ0v) is 13.2. The molecule has 0 unspecified atom stereocenters. The van der Waals surface area contributed by atoms with Crippen molar-refractivity contribution in [1.29, 1.82) is 0 Å². The van der Waals surface area contributed by atoms with E-state index in [0.29, 0.717) is 4.75 Å². The first-order chi connectivity index (χ1) is 9.00. The molecule has 2 rings (SSSR count). The summed E-state index contributed by atoms with van der Waals surface area (Å²) in [5, 5.41) is 3.21. The molecule has 0 bridgehead atoms. The SMILES string of the molecule is CCNc1nc(C)cc(N2CCSC(C)(C)CC2)n1. The fourth-order valence-electron chi connectivity index (χ4n) is 2.20. The van der Waals surface area contributed by atoms with E-state index >= 15 is 0 Å². The van der Waals surface area contributed by atoms with Crippen molar-refractivity contribution in [1.82, 2.24) is 9.97 Å². The van der Waals surface area contributed by atoms with Gasteiger partial charge in [-0.05, 0) is 20.3 Å². The van der Waals surface area contributed by atoms with Gasteiger partial charge in [0.15, 0.2) is 0 Å². The molecule has 1 aliphatic rings. The predicted molar refractivity (Wildman–Crippen MR) is 84.3 cm³/mol. The molecular weight excluding hydrogens is 256 g/mol. The fourth-order valence-corrected chi connectivity index (χ4v) is 3.30. The first kappa shape index (κ1) is 14.4. The van der Waals surface area contributed by atoms with E-state index < -0.39 is 0 Å². The molecule has 1 aromatic heterocycles. The molecule has 4 nitrogen and oxygen atoms in total. The molecule has 1 N–H and O–H groups in total. The van der Waals surface area contributed by atoms with Gasteiger partial charge in [0.2, 0.25) is 5.95 Å². The lowest BCUT2D eigenvalue weighted by molar-refractivity contribution is 0.635. The number of hydrogen-bond donors (Lipinski definition) is 1. The Morgan fingerprint density at radius 3 is 2.89 bits per heavy atom. The molecule has 0 saturated carbocycles. The van der Waals surface area contributed by atoms with Gasteiger partial charge in [0.25, 0.3) is 0 Å². The summed E-state index contributed by atoms with van der Waals surface area (Å²) in [4.78, 5) is 11.4. The highest BCUT2D eigenvalue weighted by Gasteiger charge is 2.24. The van der Waals surface area contributed by atoms with E-state index in [4.69, 9.17) is 0 Å². The molecule has 5 heteroatoms. The minimum absolute atomic E-state index is 0.376. The minimum atomic E-state index is 0.376. The molecule has 2 heterocycles. The van der Waals surface area contributed by atoms with Gasteiger partial charge in [0.05, 0.1) is 0 Å². The molecule has 0 radical (unpaired) electrons. The minimum Gasteiger partial charge on any atom is -0.356 e. The van der Waals surface area contributed by atoms with E-state index in [1.807, 2.05) is 6.92 Å². The Labute approximate surface area is 120 Å². The van der Waals surface area contributed by atoms with Gasteiger partial charge in [-0.15, -0.1) is 0 Å². The normalized spacial score (nSPS) is 19.1. The van der Waals surface area contributed by atoms with Crippen LogP contribution >= 0.6 is 11.8 Å². The Kier molecular flexibility index (Phi) is 4.55. The van der Waals surface area contributed by atoms with Crippen LogP contribution in [-0.4, -0.2) is 40.1 Å². The van der Waals surface area contributed by atoms with Gasteiger partial charge in [0.1, 0.15) is 5.82 Å². The summed E-state index contributed by atoms with van der Waals surface area (Å²) in [7, 11) is 0. The maximum absolute atomic E-state index is 4.63. The predicted octanol–water partition coefficient (Wildman–Crippen LogP) is 2.94. The maximum Gasteiger partial charge on any atom is 0.224 e. The van der Waals surface area contributed by atoms with Crippen LogP contribution in [-0.2, 0) is 0 Å². The van der Waals surface area contributed by atoms with Gasteiger partial charge in [0, 0.05) is 41.9 Å². The van der Waals surface area contributed by atoms with Crippen molar-refractivity contribution < 1.29 is 0 Å². The molecule has 0 amide bonds. The number of aryl methyl sites for hydroxylation is 1. The number of thioether (sulfide) groups is 1. The molecular formula is C14H24N4S. The Morgan fingerprint density at radius 2 is 2.16 bits per heavy atom. The Balaban J connectivity index is 2.16. The van der Waals surface area contributed by atoms with Gasteiger partial charge >= 0.3 is 0 Å². The second-order valence-corrected chi connectivity index (χ2v) is 7.37. The van der Waals surface area contributed by atoms with Crippen LogP contribution in [0.25, 0.3) is 0 Å². The van der Waals surface area contributed by atoms with Crippen LogP contribution in [0.1, 0.15) is 32.9 Å². The van der Waals surface area contributed by atoms with Gasteiger partial charge in [-0.3, -0.25) is 0 Å². The van der Waals surface area contributed by atoms with Crippen molar-refractivity contribution in [3.8, 4) is 0 Å². The van der Waals surface area contributed by atoms with Crippen molar-refractivity contribution in [2.75, 3.05) is 35.6 Å². The van der Waals surface area contributed by atoms with E-state index in [2.05, 4.69) is 58.8 Å². The average molecular weight is 280 g/mol. The average Bonchev–Trinajstić information content (AvgIpc) is 2.50. The second-order valence-electron chi connectivity index (χ2n) is 5.57. The lowest BCUT2D eigenvalue weighted by Gasteiger charge is -2.23. The van der Waals surface area contributed by atoms with Crippen molar-refractivity contribution in [2.24, 2.45) is 0 Å². The van der Waals surface area contributed by atoms with E-state index in [-0.39, 0.29) is 0 Å². The third-order valence-corrected chi connectivity index (χ3v) is 4.71. The van der Waals surface area contributed by atoms with Crippen molar-refractivity contribution in [2.45, 2.75) is 38.9 Å². The fraction of sp³-hybridized carbons (Fsp3) is 0.714. The van der Waals surface area contributed by atoms with Gasteiger partial charge in [-0.25, -0.2) is 4.98 Å². The summed E-state index contributed by atoms with van der Waals surface area (Å²) in [6.07, 6.45) is 1.19. The molecule has 1 aliphatic heterocycles. The van der Waals surface area contributed by atoms with Crippen LogP contribution in [0.4, 0.5) is 11.8 Å². The number of anilines is 2. The first-order valence-electron chi connectivity index (χ1n) is 6.98. The topological polar surface area (TPSA) is 41.1 Å². The molecule has 19 heavy (non-hydrogen) atoms. The Hall–Kier alpha value is -0.970. The highest BCUT2D eigenvalue weighted by atomic mass is 32.2. The molecule has 106 valence electrons. The van der Waals surface area contributed by atoms with E-state index in [9.17, 15) is 0 Å². The van der Waals surface area contributed by atoms with E-state index in [1.54, 1.807) is 0 Å². The van der Waals surface area contributed by atoms with Crippen LogP contribution in [0.3, 0.4) is 0 Å². The number of aromatic nitrogens is 2. The summed E-state index contributed by atoms with van der Waals surface area (Å²) in [6.45, 7) is 11.7. The highest BCUT2D eigenvalue weighted by molar-refractivity contribution is 8.00. The van der Waals surface area contributed by atoms with Gasteiger partial charge in [-0.1, -0.05) is 13.8 Å². The summed E-state index contributed by atoms with van der Waals surface area (Å²) in [5.74, 6) is 2.96. The molecule has 1 aromatic rings. The lowest BCUT2D eigenvalue weighted by Crippen LogP contribution is -2.28. The van der Waals surface area contributed by atoms with Gasteiger partial charge < -0.3 is 10.2 Å². The van der Waals surface area contributed by atoms with Crippen molar-refractivity contribution in [3.63, 3.8) is 0 Å². The monoisotopic (exact) mass is 280 g/mol. The van der Waals surface area contributed by atoms with Gasteiger partial charge in [-0.2, -0.15) is 16.7 Å². The third-order valence-electron chi connectivity index (χ3n) is 3.34. The maximum atomic E-state index is 4.63. The van der Waals surface area contributed by atoms with Crippen LogP contribution < -0.4 is 10.2 Å². The molecule has 1 saturated heterocycles. The molecule has 0 spiro atoms. The summed E-state index contributed by atoms with van der Waals surface area (Å²) < 4.78 is 0.376. The smallest absolute Gasteiger partial charge is 0.224 e. The highest BCUT2D eigenvalue weighted by Crippen LogP contribution is 2.32. The van der Waals surface area contributed by atoms with E-state index in [0.717, 1.165) is 42.8 Å². The zero-order chi connectivity index (χ0) is 13.9. The van der Waals surface area contributed by atoms with Crippen LogP contribution in [0, 0.1) is 6.92 Å². The second kappa shape index (κ2) is 5.99. The quantitative estimate of drug-likeness (QED) is 0.922. The standard InChI is InChI=1S/C14H24N4S/c1-5-15-13-16-11(2)10-12(17-13)18-7-6-14(3,4)19-9-8-18/h10H,5-9H2,1-4H3,(H,15,16,17). The molecule has 1 fully saturated rings. The molecule has 0 aliphatic carbocycles.